The van der Waals surface area contributed by atoms with Gasteiger partial charge < -0.3 is 14.5 Å². The summed E-state index contributed by atoms with van der Waals surface area (Å²) in [4.78, 5) is 17.2. The normalized spacial score (nSPS) is 20.8. The number of rotatable bonds is 5. The van der Waals surface area contributed by atoms with Gasteiger partial charge in [-0.15, -0.1) is 0 Å². The number of nitrogens with zero attached hydrogens (tertiary/aromatic N) is 4. The van der Waals surface area contributed by atoms with Gasteiger partial charge in [-0.1, -0.05) is 6.07 Å². The number of sulfone groups is 1. The van der Waals surface area contributed by atoms with Crippen molar-refractivity contribution in [3.05, 3.63) is 41.2 Å². The minimum Gasteiger partial charge on any atom is -0.497 e. The van der Waals surface area contributed by atoms with E-state index in [9.17, 15) is 13.2 Å². The lowest BCUT2D eigenvalue weighted by Crippen LogP contribution is -2.49. The summed E-state index contributed by atoms with van der Waals surface area (Å²) in [7, 11) is -1.33. The van der Waals surface area contributed by atoms with Gasteiger partial charge in [0.1, 0.15) is 5.75 Å². The van der Waals surface area contributed by atoms with Gasteiger partial charge in [0, 0.05) is 49.2 Å². The molecule has 0 N–H and O–H groups in total. The van der Waals surface area contributed by atoms with Crippen molar-refractivity contribution in [2.45, 2.75) is 32.7 Å². The zero-order valence-electron chi connectivity index (χ0n) is 18.4. The fraction of sp³-hybridized carbons (Fsp3) is 0.545. The van der Waals surface area contributed by atoms with Gasteiger partial charge >= 0.3 is 0 Å². The summed E-state index contributed by atoms with van der Waals surface area (Å²) in [5.74, 6) is 1.26. The molecule has 3 heterocycles. The molecule has 8 nitrogen and oxygen atoms in total. The summed E-state index contributed by atoms with van der Waals surface area (Å²) >= 11 is 0. The summed E-state index contributed by atoms with van der Waals surface area (Å²) in [5.41, 5.74) is 3.74. The number of aryl methyl sites for hydroxylation is 1. The second-order valence-corrected chi connectivity index (χ2v) is 10.6. The number of amides is 1. The lowest BCUT2D eigenvalue weighted by molar-refractivity contribution is -0.130. The van der Waals surface area contributed by atoms with E-state index in [1.54, 1.807) is 7.11 Å². The van der Waals surface area contributed by atoms with E-state index >= 15 is 0 Å². The van der Waals surface area contributed by atoms with Crippen molar-refractivity contribution < 1.29 is 17.9 Å². The molecule has 2 fully saturated rings. The van der Waals surface area contributed by atoms with Gasteiger partial charge in [0.15, 0.2) is 9.84 Å². The van der Waals surface area contributed by atoms with Gasteiger partial charge in [-0.25, -0.2) is 8.42 Å². The van der Waals surface area contributed by atoms with Crippen LogP contribution < -0.4 is 9.64 Å². The molecular weight excluding hydrogens is 416 g/mol. The summed E-state index contributed by atoms with van der Waals surface area (Å²) in [5, 5.41) is 4.59. The van der Waals surface area contributed by atoms with E-state index in [-0.39, 0.29) is 23.5 Å². The predicted molar refractivity (Wildman–Crippen MR) is 119 cm³/mol. The maximum Gasteiger partial charge on any atom is 0.227 e. The molecule has 2 aromatic rings. The van der Waals surface area contributed by atoms with Crippen molar-refractivity contribution >= 4 is 21.4 Å². The monoisotopic (exact) mass is 446 g/mol. The van der Waals surface area contributed by atoms with Crippen molar-refractivity contribution in [1.82, 2.24) is 14.7 Å². The molecule has 0 spiro atoms. The van der Waals surface area contributed by atoms with Crippen molar-refractivity contribution in [3.8, 4) is 5.75 Å². The highest BCUT2D eigenvalue weighted by atomic mass is 32.2. The maximum atomic E-state index is 13.0. The Morgan fingerprint density at radius 2 is 1.94 bits per heavy atom. The number of benzene rings is 1. The number of aromatic nitrogens is 2. The number of hydrogen-bond donors (Lipinski definition) is 0. The summed E-state index contributed by atoms with van der Waals surface area (Å²) in [6.07, 6.45) is 0.889. The Balaban J connectivity index is 1.39. The lowest BCUT2D eigenvalue weighted by Gasteiger charge is -2.36. The maximum absolute atomic E-state index is 13.0. The Morgan fingerprint density at radius 3 is 2.58 bits per heavy atom. The lowest BCUT2D eigenvalue weighted by atomic mass is 10.1. The van der Waals surface area contributed by atoms with Gasteiger partial charge in [0.05, 0.1) is 36.8 Å². The second-order valence-electron chi connectivity index (χ2n) is 8.40. The van der Waals surface area contributed by atoms with E-state index in [1.165, 1.54) is 0 Å². The first-order valence-corrected chi connectivity index (χ1v) is 12.5. The molecule has 31 heavy (non-hydrogen) atoms. The minimum absolute atomic E-state index is 0.0927. The van der Waals surface area contributed by atoms with Crippen LogP contribution in [0.5, 0.6) is 5.75 Å². The van der Waals surface area contributed by atoms with Crippen LogP contribution >= 0.6 is 0 Å². The molecule has 1 aromatic carbocycles. The molecule has 1 amide bonds. The van der Waals surface area contributed by atoms with Crippen LogP contribution in [0.1, 0.15) is 29.4 Å². The smallest absolute Gasteiger partial charge is 0.227 e. The van der Waals surface area contributed by atoms with E-state index in [0.29, 0.717) is 25.9 Å². The Kier molecular flexibility index (Phi) is 5.96. The third kappa shape index (κ3) is 4.56. The zero-order valence-corrected chi connectivity index (χ0v) is 19.2. The number of carbonyl (C=O) groups excluding carboxylic acids is 1. The quantitative estimate of drug-likeness (QED) is 0.696. The third-order valence-electron chi connectivity index (χ3n) is 6.41. The van der Waals surface area contributed by atoms with Crippen LogP contribution in [0.15, 0.2) is 24.3 Å². The van der Waals surface area contributed by atoms with Crippen LogP contribution in [-0.2, 0) is 21.1 Å². The highest BCUT2D eigenvalue weighted by Gasteiger charge is 2.32. The first kappa shape index (κ1) is 21.7. The van der Waals surface area contributed by atoms with Crippen LogP contribution in [0.2, 0.25) is 0 Å². The molecule has 0 bridgehead atoms. The number of carbonyl (C=O) groups is 1. The minimum atomic E-state index is -2.99. The molecule has 9 heteroatoms. The molecule has 2 saturated heterocycles. The Bertz CT molecular complexity index is 1070. The molecule has 0 saturated carbocycles. The fourth-order valence-electron chi connectivity index (χ4n) is 4.56. The number of hydrogen-bond acceptors (Lipinski definition) is 6. The number of methoxy groups -OCH3 is 1. The number of ether oxygens (including phenoxy) is 1. The topological polar surface area (TPSA) is 84.7 Å². The number of anilines is 1. The summed E-state index contributed by atoms with van der Waals surface area (Å²) < 4.78 is 30.8. The molecule has 1 atom stereocenters. The molecule has 4 rings (SSSR count). The highest BCUT2D eigenvalue weighted by molar-refractivity contribution is 7.91. The molecule has 0 radical (unpaired) electrons. The first-order valence-electron chi connectivity index (χ1n) is 10.7. The van der Waals surface area contributed by atoms with Crippen molar-refractivity contribution in [2.24, 2.45) is 0 Å². The fourth-order valence-corrected chi connectivity index (χ4v) is 6.25. The van der Waals surface area contributed by atoms with E-state index in [2.05, 4.69) is 16.1 Å². The standard InChI is InChI=1S/C22H30N4O4S/c1-16-21(17(2)26(23-16)19-7-12-31(28,29)15-19)14-22(27)25-10-8-24(9-11-25)18-5-4-6-20(13-18)30-3/h4-6,13,19H,7-12,14-15H2,1-3H3. The predicted octanol–water partition coefficient (Wildman–Crippen LogP) is 1.76. The van der Waals surface area contributed by atoms with Crippen LogP contribution in [0.4, 0.5) is 5.69 Å². The van der Waals surface area contributed by atoms with Crippen LogP contribution in [0, 0.1) is 13.8 Å². The second kappa shape index (κ2) is 8.53. The molecule has 1 aromatic heterocycles. The molecule has 2 aliphatic rings. The Hall–Kier alpha value is -2.55. The Labute approximate surface area is 183 Å². The van der Waals surface area contributed by atoms with Gasteiger partial charge in [-0.2, -0.15) is 5.10 Å². The molecular formula is C22H30N4O4S. The van der Waals surface area contributed by atoms with Crippen LogP contribution in [0.25, 0.3) is 0 Å². The molecule has 0 aliphatic carbocycles. The zero-order chi connectivity index (χ0) is 22.2. The SMILES string of the molecule is COc1cccc(N2CCN(C(=O)Cc3c(C)nn(C4CCS(=O)(=O)C4)c3C)CC2)c1. The molecule has 1 unspecified atom stereocenters. The molecule has 2 aliphatic heterocycles. The van der Waals surface area contributed by atoms with Crippen molar-refractivity contribution in [1.29, 1.82) is 0 Å². The van der Waals surface area contributed by atoms with Gasteiger partial charge in [-0.3, -0.25) is 9.48 Å². The van der Waals surface area contributed by atoms with Crippen molar-refractivity contribution in [3.63, 3.8) is 0 Å². The van der Waals surface area contributed by atoms with E-state index < -0.39 is 9.84 Å². The van der Waals surface area contributed by atoms with Crippen LogP contribution in [-0.4, -0.2) is 73.8 Å². The largest absolute Gasteiger partial charge is 0.497 e. The van der Waals surface area contributed by atoms with E-state index in [1.807, 2.05) is 41.6 Å². The summed E-state index contributed by atoms with van der Waals surface area (Å²) in [6.45, 7) is 6.73. The summed E-state index contributed by atoms with van der Waals surface area (Å²) in [6, 6.07) is 7.85. The third-order valence-corrected chi connectivity index (χ3v) is 8.16. The number of piperazine rings is 1. The Morgan fingerprint density at radius 1 is 1.19 bits per heavy atom. The van der Waals surface area contributed by atoms with Gasteiger partial charge in [-0.05, 0) is 32.4 Å². The first-order chi connectivity index (χ1) is 14.8. The van der Waals surface area contributed by atoms with Crippen LogP contribution in [0.3, 0.4) is 0 Å². The van der Waals surface area contributed by atoms with E-state index in [0.717, 1.165) is 41.5 Å². The van der Waals surface area contributed by atoms with Gasteiger partial charge in [0.25, 0.3) is 0 Å². The van der Waals surface area contributed by atoms with Gasteiger partial charge in [0.2, 0.25) is 5.91 Å². The molecule has 168 valence electrons. The average Bonchev–Trinajstić information content (AvgIpc) is 3.27. The highest BCUT2D eigenvalue weighted by Crippen LogP contribution is 2.27. The average molecular weight is 447 g/mol. The van der Waals surface area contributed by atoms with Crippen molar-refractivity contribution in [2.75, 3.05) is 49.7 Å². The van der Waals surface area contributed by atoms with E-state index in [4.69, 9.17) is 4.74 Å².